The number of nitrogens with zero attached hydrogens (tertiary/aromatic N) is 5. The van der Waals surface area contributed by atoms with Crippen LogP contribution in [0.15, 0.2) is 77.1 Å². The van der Waals surface area contributed by atoms with E-state index in [1.165, 1.54) is 35.9 Å². The lowest BCUT2D eigenvalue weighted by molar-refractivity contribution is -0.384. The van der Waals surface area contributed by atoms with E-state index in [2.05, 4.69) is 4.99 Å². The Balaban J connectivity index is 1.78. The van der Waals surface area contributed by atoms with Gasteiger partial charge in [0.25, 0.3) is 5.69 Å². The molecule has 0 saturated carbocycles. The van der Waals surface area contributed by atoms with Gasteiger partial charge < -0.3 is 4.74 Å². The Kier molecular flexibility index (Phi) is 6.15. The molecule has 1 fully saturated rings. The van der Waals surface area contributed by atoms with E-state index in [9.17, 15) is 19.7 Å². The van der Waals surface area contributed by atoms with E-state index in [4.69, 9.17) is 9.84 Å². The van der Waals surface area contributed by atoms with E-state index in [-0.39, 0.29) is 23.6 Å². The number of methoxy groups -OCH3 is 1. The number of benzene rings is 2. The molecule has 2 aliphatic rings. The molecule has 11 heteroatoms. The highest BCUT2D eigenvalue weighted by Gasteiger charge is 2.43. The summed E-state index contributed by atoms with van der Waals surface area (Å²) < 4.78 is 6.73. The zero-order valence-electron chi connectivity index (χ0n) is 19.5. The molecule has 1 saturated heterocycles. The van der Waals surface area contributed by atoms with Crippen LogP contribution < -0.4 is 0 Å². The zero-order valence-corrected chi connectivity index (χ0v) is 20.3. The number of thioether (sulfide) groups is 1. The Hall–Kier alpha value is -4.25. The fourth-order valence-electron chi connectivity index (χ4n) is 4.35. The summed E-state index contributed by atoms with van der Waals surface area (Å²) in [5, 5.41) is 16.8. The Morgan fingerprint density at radius 2 is 1.97 bits per heavy atom. The second-order valence-electron chi connectivity index (χ2n) is 8.17. The molecule has 3 heterocycles. The van der Waals surface area contributed by atoms with Gasteiger partial charge >= 0.3 is 5.97 Å². The molecular formula is C25H21N5O5S. The number of ether oxygens (including phenoxy) is 1. The van der Waals surface area contributed by atoms with Crippen LogP contribution in [0.3, 0.4) is 0 Å². The number of carbonyl (C=O) groups is 2. The third-order valence-corrected chi connectivity index (χ3v) is 6.95. The van der Waals surface area contributed by atoms with Gasteiger partial charge in [-0.05, 0) is 19.1 Å². The molecule has 10 nitrogen and oxygen atoms in total. The second-order valence-corrected chi connectivity index (χ2v) is 9.23. The third kappa shape index (κ3) is 4.07. The van der Waals surface area contributed by atoms with Crippen molar-refractivity contribution in [2.75, 3.05) is 12.9 Å². The zero-order chi connectivity index (χ0) is 25.4. The number of amides is 1. The minimum absolute atomic E-state index is 0.0943. The quantitative estimate of drug-likeness (QED) is 0.290. The SMILES string of the molecule is COC(=O)C1=C(C)N=C2SCCC(=O)N2[C@H]1c1cn(-c2ccccc2)nc1-c1cccc([N+](=O)[O-])c1. The van der Waals surface area contributed by atoms with Gasteiger partial charge in [-0.2, -0.15) is 5.10 Å². The van der Waals surface area contributed by atoms with Gasteiger partial charge in [-0.3, -0.25) is 19.8 Å². The summed E-state index contributed by atoms with van der Waals surface area (Å²) in [4.78, 5) is 43.2. The van der Waals surface area contributed by atoms with Gasteiger partial charge in [0.2, 0.25) is 5.91 Å². The van der Waals surface area contributed by atoms with Crippen molar-refractivity contribution in [2.45, 2.75) is 19.4 Å². The average Bonchev–Trinajstić information content (AvgIpc) is 3.33. The highest BCUT2D eigenvalue weighted by molar-refractivity contribution is 8.14. The maximum absolute atomic E-state index is 13.2. The molecule has 0 aliphatic carbocycles. The molecule has 3 aromatic rings. The van der Waals surface area contributed by atoms with E-state index in [1.807, 2.05) is 30.3 Å². The van der Waals surface area contributed by atoms with Crippen molar-refractivity contribution in [3.05, 3.63) is 87.7 Å². The number of non-ortho nitro benzene ring substituents is 1. The van der Waals surface area contributed by atoms with Crippen LogP contribution in [0, 0.1) is 10.1 Å². The molecule has 0 bridgehead atoms. The van der Waals surface area contributed by atoms with Crippen LogP contribution in [0.1, 0.15) is 24.9 Å². The van der Waals surface area contributed by atoms with E-state index < -0.39 is 16.9 Å². The predicted molar refractivity (Wildman–Crippen MR) is 134 cm³/mol. The average molecular weight is 504 g/mol. The second kappa shape index (κ2) is 9.42. The normalized spacial score (nSPS) is 17.5. The van der Waals surface area contributed by atoms with Crippen LogP contribution >= 0.6 is 11.8 Å². The molecule has 0 N–H and O–H groups in total. The van der Waals surface area contributed by atoms with Crippen LogP contribution in [0.4, 0.5) is 5.69 Å². The number of aromatic nitrogens is 2. The number of amidine groups is 1. The highest BCUT2D eigenvalue weighted by atomic mass is 32.2. The first-order valence-electron chi connectivity index (χ1n) is 11.1. The van der Waals surface area contributed by atoms with Crippen molar-refractivity contribution in [1.82, 2.24) is 14.7 Å². The summed E-state index contributed by atoms with van der Waals surface area (Å²) in [5.41, 5.74) is 2.74. The van der Waals surface area contributed by atoms with Gasteiger partial charge in [0.05, 0.1) is 34.7 Å². The van der Waals surface area contributed by atoms with E-state index in [0.717, 1.165) is 5.69 Å². The minimum atomic E-state index is -0.864. The fraction of sp³-hybridized carbons (Fsp3) is 0.200. The summed E-state index contributed by atoms with van der Waals surface area (Å²) >= 11 is 1.44. The van der Waals surface area contributed by atoms with Gasteiger partial charge in [-0.25, -0.2) is 14.5 Å². The lowest BCUT2D eigenvalue weighted by Crippen LogP contribution is -2.45. The molecule has 1 amide bonds. The number of nitro groups is 1. The van der Waals surface area contributed by atoms with E-state index >= 15 is 0 Å². The first-order valence-corrected chi connectivity index (χ1v) is 12.1. The van der Waals surface area contributed by atoms with Gasteiger partial charge in [-0.15, -0.1) is 0 Å². The van der Waals surface area contributed by atoms with Crippen LogP contribution in [0.2, 0.25) is 0 Å². The van der Waals surface area contributed by atoms with Gasteiger partial charge in [0, 0.05) is 41.6 Å². The maximum atomic E-state index is 13.2. The standard InChI is InChI=1S/C25H21N5O5S/c1-15-21(24(32)35-2)23(29-20(31)11-12-36-25(29)26-15)19-14-28(17-8-4-3-5-9-17)27-22(19)16-7-6-10-18(13-16)30(33)34/h3-10,13-14,23H,11-12H2,1-2H3/t23-/m0/s1. The van der Waals surface area contributed by atoms with Gasteiger partial charge in [0.15, 0.2) is 5.17 Å². The van der Waals surface area contributed by atoms with Gasteiger partial charge in [-0.1, -0.05) is 42.1 Å². The molecule has 0 radical (unpaired) electrons. The van der Waals surface area contributed by atoms with Crippen molar-refractivity contribution in [2.24, 2.45) is 4.99 Å². The Morgan fingerprint density at radius 3 is 2.69 bits per heavy atom. The van der Waals surface area contributed by atoms with Crippen molar-refractivity contribution in [1.29, 1.82) is 0 Å². The summed E-state index contributed by atoms with van der Waals surface area (Å²) in [5.74, 6) is -0.201. The largest absolute Gasteiger partial charge is 0.466 e. The van der Waals surface area contributed by atoms with E-state index in [1.54, 1.807) is 29.9 Å². The summed E-state index contributed by atoms with van der Waals surface area (Å²) in [7, 11) is 1.28. The summed E-state index contributed by atoms with van der Waals surface area (Å²) in [6.07, 6.45) is 2.03. The van der Waals surface area contributed by atoms with Crippen molar-refractivity contribution >= 4 is 34.5 Å². The topological polar surface area (TPSA) is 120 Å². The number of fused-ring (bicyclic) bond motifs is 1. The first-order chi connectivity index (χ1) is 17.4. The Labute approximate surface area is 210 Å². The van der Waals surface area contributed by atoms with Crippen LogP contribution in [-0.4, -0.2) is 49.5 Å². The summed E-state index contributed by atoms with van der Waals surface area (Å²) in [6, 6.07) is 14.6. The molecule has 2 aromatic carbocycles. The molecule has 36 heavy (non-hydrogen) atoms. The number of aliphatic imine (C=N–C) groups is 1. The maximum Gasteiger partial charge on any atom is 0.338 e. The molecule has 0 spiro atoms. The first kappa shape index (κ1) is 23.5. The number of nitro benzene ring substituents is 1. The Morgan fingerprint density at radius 1 is 1.19 bits per heavy atom. The van der Waals surface area contributed by atoms with Crippen LogP contribution in [-0.2, 0) is 14.3 Å². The van der Waals surface area contributed by atoms with Crippen LogP contribution in [0.5, 0.6) is 0 Å². The molecule has 1 aromatic heterocycles. The lowest BCUT2D eigenvalue weighted by Gasteiger charge is -2.38. The highest BCUT2D eigenvalue weighted by Crippen LogP contribution is 2.43. The van der Waals surface area contributed by atoms with E-state index in [0.29, 0.717) is 33.4 Å². The number of allylic oxidation sites excluding steroid dienone is 1. The molecule has 5 rings (SSSR count). The number of esters is 1. The molecular weight excluding hydrogens is 482 g/mol. The predicted octanol–water partition coefficient (Wildman–Crippen LogP) is 4.27. The smallest absolute Gasteiger partial charge is 0.338 e. The molecule has 1 atom stereocenters. The number of hydrogen-bond acceptors (Lipinski definition) is 8. The van der Waals surface area contributed by atoms with Gasteiger partial charge in [0.1, 0.15) is 6.04 Å². The van der Waals surface area contributed by atoms with Crippen LogP contribution in [0.25, 0.3) is 16.9 Å². The minimum Gasteiger partial charge on any atom is -0.466 e. The number of para-hydroxylation sites is 1. The number of rotatable bonds is 5. The molecule has 0 unspecified atom stereocenters. The third-order valence-electron chi connectivity index (χ3n) is 6.00. The monoisotopic (exact) mass is 503 g/mol. The fourth-order valence-corrected chi connectivity index (χ4v) is 5.36. The summed E-state index contributed by atoms with van der Waals surface area (Å²) in [6.45, 7) is 1.71. The lowest BCUT2D eigenvalue weighted by atomic mass is 9.92. The number of hydrogen-bond donors (Lipinski definition) is 0. The van der Waals surface area contributed by atoms with Crippen molar-refractivity contribution in [3.63, 3.8) is 0 Å². The molecule has 2 aliphatic heterocycles. The Bertz CT molecular complexity index is 1450. The molecule has 182 valence electrons. The van der Waals surface area contributed by atoms with Crippen molar-refractivity contribution < 1.29 is 19.2 Å². The van der Waals surface area contributed by atoms with Crippen molar-refractivity contribution in [3.8, 4) is 16.9 Å². The number of carbonyl (C=O) groups excluding carboxylic acids is 2.